The van der Waals surface area contributed by atoms with Crippen LogP contribution in [0.15, 0.2) is 65.7 Å². The first-order valence-corrected chi connectivity index (χ1v) is 11.0. The molecule has 0 fully saturated rings. The summed E-state index contributed by atoms with van der Waals surface area (Å²) in [7, 11) is 0. The van der Waals surface area contributed by atoms with Gasteiger partial charge in [-0.15, -0.1) is 23.1 Å². The molecule has 2 N–H and O–H groups in total. The Morgan fingerprint density at radius 3 is 2.80 bits per heavy atom. The lowest BCUT2D eigenvalue weighted by molar-refractivity contribution is -0.115. The van der Waals surface area contributed by atoms with Crippen molar-refractivity contribution in [3.05, 3.63) is 66.4 Å². The monoisotopic (exact) mass is 432 g/mol. The van der Waals surface area contributed by atoms with Crippen LogP contribution in [0.5, 0.6) is 0 Å². The minimum atomic E-state index is -0.282. The van der Waals surface area contributed by atoms with E-state index in [1.807, 2.05) is 43.3 Å². The average Bonchev–Trinajstić information content (AvgIpc) is 3.19. The molecule has 1 unspecified atom stereocenters. The number of hydrogen-bond donors (Lipinski definition) is 2. The number of rotatable bonds is 3. The molecule has 5 rings (SSSR count). The number of benzene rings is 2. The number of carbonyl (C=O) groups is 2. The zero-order chi connectivity index (χ0) is 20.7. The highest BCUT2D eigenvalue weighted by Crippen LogP contribution is 2.36. The molecule has 0 spiro atoms. The molecular weight excluding hydrogens is 416 g/mol. The van der Waals surface area contributed by atoms with Crippen LogP contribution in [-0.2, 0) is 4.79 Å². The standard InChI is InChI=1S/C22H16N4O2S2/c1-12-20(27)24-16-10-13(6-8-18(16)29-12)21(28)26-19-9-7-14(11-23-19)22-25-15-4-2-3-5-17(15)30-22/h2-12H,1H3,(H,24,27)(H,23,26,28). The fourth-order valence-corrected chi connectivity index (χ4v) is 5.01. The quantitative estimate of drug-likeness (QED) is 0.474. The van der Waals surface area contributed by atoms with Gasteiger partial charge in [-0.25, -0.2) is 9.97 Å². The van der Waals surface area contributed by atoms with Gasteiger partial charge >= 0.3 is 0 Å². The molecule has 2 amide bonds. The smallest absolute Gasteiger partial charge is 0.256 e. The van der Waals surface area contributed by atoms with Crippen molar-refractivity contribution >= 4 is 56.6 Å². The van der Waals surface area contributed by atoms with Gasteiger partial charge in [-0.3, -0.25) is 9.59 Å². The lowest BCUT2D eigenvalue weighted by atomic mass is 10.1. The van der Waals surface area contributed by atoms with Crippen molar-refractivity contribution < 1.29 is 9.59 Å². The van der Waals surface area contributed by atoms with Gasteiger partial charge < -0.3 is 10.6 Å². The first-order chi connectivity index (χ1) is 14.6. The fraction of sp³-hybridized carbons (Fsp3) is 0.0909. The maximum atomic E-state index is 12.6. The van der Waals surface area contributed by atoms with Gasteiger partial charge in [0, 0.05) is 22.2 Å². The number of carbonyl (C=O) groups excluding carboxylic acids is 2. The van der Waals surface area contributed by atoms with Gasteiger partial charge in [-0.05, 0) is 49.4 Å². The van der Waals surface area contributed by atoms with Crippen molar-refractivity contribution in [2.45, 2.75) is 17.1 Å². The normalized spacial score (nSPS) is 15.5. The van der Waals surface area contributed by atoms with Gasteiger partial charge in [0.2, 0.25) is 5.91 Å². The number of para-hydroxylation sites is 1. The van der Waals surface area contributed by atoms with E-state index in [2.05, 4.69) is 20.6 Å². The van der Waals surface area contributed by atoms with Gasteiger partial charge in [0.1, 0.15) is 10.8 Å². The molecule has 3 heterocycles. The molecule has 1 aliphatic heterocycles. The van der Waals surface area contributed by atoms with Crippen LogP contribution in [0.4, 0.5) is 11.5 Å². The number of pyridine rings is 1. The Hall–Kier alpha value is -3.23. The van der Waals surface area contributed by atoms with E-state index >= 15 is 0 Å². The summed E-state index contributed by atoms with van der Waals surface area (Å²) < 4.78 is 1.12. The number of nitrogens with zero attached hydrogens (tertiary/aromatic N) is 2. The number of fused-ring (bicyclic) bond motifs is 2. The summed E-state index contributed by atoms with van der Waals surface area (Å²) in [5.74, 6) is 0.114. The maximum absolute atomic E-state index is 12.6. The highest BCUT2D eigenvalue weighted by molar-refractivity contribution is 8.00. The van der Waals surface area contributed by atoms with Crippen molar-refractivity contribution in [1.82, 2.24) is 9.97 Å². The number of thiazole rings is 1. The van der Waals surface area contributed by atoms with E-state index < -0.39 is 0 Å². The Bertz CT molecular complexity index is 1250. The molecule has 1 atom stereocenters. The van der Waals surface area contributed by atoms with Gasteiger partial charge in [0.15, 0.2) is 0 Å². The maximum Gasteiger partial charge on any atom is 0.256 e. The van der Waals surface area contributed by atoms with E-state index in [1.165, 1.54) is 11.8 Å². The summed E-state index contributed by atoms with van der Waals surface area (Å²) in [5.41, 5.74) is 2.98. The second kappa shape index (κ2) is 7.55. The van der Waals surface area contributed by atoms with E-state index in [1.54, 1.807) is 35.7 Å². The Kier molecular flexibility index (Phi) is 4.72. The highest BCUT2D eigenvalue weighted by Gasteiger charge is 2.23. The Morgan fingerprint density at radius 1 is 1.13 bits per heavy atom. The number of hydrogen-bond acceptors (Lipinski definition) is 6. The van der Waals surface area contributed by atoms with Crippen LogP contribution < -0.4 is 10.6 Å². The van der Waals surface area contributed by atoms with E-state index in [0.717, 1.165) is 25.7 Å². The zero-order valence-electron chi connectivity index (χ0n) is 15.9. The van der Waals surface area contributed by atoms with Crippen molar-refractivity contribution in [2.75, 3.05) is 10.6 Å². The number of anilines is 2. The molecule has 2 aromatic heterocycles. The average molecular weight is 433 g/mol. The molecule has 30 heavy (non-hydrogen) atoms. The van der Waals surface area contributed by atoms with E-state index in [-0.39, 0.29) is 17.1 Å². The van der Waals surface area contributed by atoms with Crippen molar-refractivity contribution in [2.24, 2.45) is 0 Å². The molecule has 4 aromatic rings. The second-order valence-corrected chi connectivity index (χ2v) is 9.25. The topological polar surface area (TPSA) is 84.0 Å². The largest absolute Gasteiger partial charge is 0.324 e. The van der Waals surface area contributed by atoms with E-state index in [4.69, 9.17) is 0 Å². The van der Waals surface area contributed by atoms with Crippen LogP contribution in [-0.4, -0.2) is 27.0 Å². The lowest BCUT2D eigenvalue weighted by Crippen LogP contribution is -2.26. The Morgan fingerprint density at radius 2 is 2.00 bits per heavy atom. The summed E-state index contributed by atoms with van der Waals surface area (Å²) in [6.07, 6.45) is 1.71. The third-order valence-corrected chi connectivity index (χ3v) is 6.98. The van der Waals surface area contributed by atoms with Gasteiger partial charge in [-0.2, -0.15) is 0 Å². The van der Waals surface area contributed by atoms with Crippen LogP contribution in [0.25, 0.3) is 20.8 Å². The van der Waals surface area contributed by atoms with E-state index in [9.17, 15) is 9.59 Å². The minimum absolute atomic E-state index is 0.0582. The lowest BCUT2D eigenvalue weighted by Gasteiger charge is -2.21. The van der Waals surface area contributed by atoms with Gasteiger partial charge in [0.25, 0.3) is 5.91 Å². The molecular formula is C22H16N4O2S2. The minimum Gasteiger partial charge on any atom is -0.324 e. The van der Waals surface area contributed by atoms with Crippen LogP contribution in [0.2, 0.25) is 0 Å². The summed E-state index contributed by atoms with van der Waals surface area (Å²) in [6, 6.07) is 16.9. The summed E-state index contributed by atoms with van der Waals surface area (Å²) >= 11 is 3.09. The molecule has 0 saturated carbocycles. The molecule has 1 aliphatic rings. The summed E-state index contributed by atoms with van der Waals surface area (Å²) in [4.78, 5) is 34.5. The third-order valence-electron chi connectivity index (χ3n) is 4.72. The van der Waals surface area contributed by atoms with Crippen LogP contribution in [0, 0.1) is 0 Å². The number of aromatic nitrogens is 2. The van der Waals surface area contributed by atoms with Crippen molar-refractivity contribution in [3.8, 4) is 10.6 Å². The molecule has 0 aliphatic carbocycles. The fourth-order valence-electron chi connectivity index (χ4n) is 3.13. The molecule has 148 valence electrons. The Labute approximate surface area is 180 Å². The predicted octanol–water partition coefficient (Wildman–Crippen LogP) is 5.04. The molecule has 0 saturated heterocycles. The second-order valence-electron chi connectivity index (χ2n) is 6.83. The number of nitrogens with one attached hydrogen (secondary N) is 2. The molecule has 0 radical (unpaired) electrons. The molecule has 8 heteroatoms. The SMILES string of the molecule is CC1Sc2ccc(C(=O)Nc3ccc(-c4nc5ccccc5s4)cn3)cc2NC1=O. The first-order valence-electron chi connectivity index (χ1n) is 9.32. The molecule has 0 bridgehead atoms. The predicted molar refractivity (Wildman–Crippen MR) is 121 cm³/mol. The first kappa shape index (κ1) is 18.8. The number of thioether (sulfide) groups is 1. The van der Waals surface area contributed by atoms with Crippen LogP contribution >= 0.6 is 23.1 Å². The van der Waals surface area contributed by atoms with Crippen LogP contribution in [0.3, 0.4) is 0 Å². The van der Waals surface area contributed by atoms with Gasteiger partial charge in [0.05, 0.1) is 21.2 Å². The summed E-state index contributed by atoms with van der Waals surface area (Å²) in [5, 5.41) is 6.39. The van der Waals surface area contributed by atoms with Crippen LogP contribution in [0.1, 0.15) is 17.3 Å². The zero-order valence-corrected chi connectivity index (χ0v) is 17.5. The number of amides is 2. The van der Waals surface area contributed by atoms with Crippen molar-refractivity contribution in [3.63, 3.8) is 0 Å². The summed E-state index contributed by atoms with van der Waals surface area (Å²) in [6.45, 7) is 1.85. The van der Waals surface area contributed by atoms with Crippen molar-refractivity contribution in [1.29, 1.82) is 0 Å². The highest BCUT2D eigenvalue weighted by atomic mass is 32.2. The van der Waals surface area contributed by atoms with Gasteiger partial charge in [-0.1, -0.05) is 12.1 Å². The third kappa shape index (κ3) is 3.55. The molecule has 6 nitrogen and oxygen atoms in total. The Balaban J connectivity index is 1.33. The molecule has 2 aromatic carbocycles. The van der Waals surface area contributed by atoms with E-state index in [0.29, 0.717) is 17.1 Å².